The van der Waals surface area contributed by atoms with Gasteiger partial charge in [0.2, 0.25) is 5.91 Å². The Morgan fingerprint density at radius 1 is 1.64 bits per heavy atom. The van der Waals surface area contributed by atoms with Crippen molar-refractivity contribution >= 4 is 5.91 Å². The van der Waals surface area contributed by atoms with Gasteiger partial charge in [-0.3, -0.25) is 4.79 Å². The Labute approximate surface area is 85.7 Å². The van der Waals surface area contributed by atoms with Gasteiger partial charge in [-0.1, -0.05) is 13.0 Å². The van der Waals surface area contributed by atoms with Gasteiger partial charge in [0.15, 0.2) is 0 Å². The van der Waals surface area contributed by atoms with Crippen molar-refractivity contribution in [2.75, 3.05) is 19.7 Å². The van der Waals surface area contributed by atoms with Crippen molar-refractivity contribution in [1.29, 1.82) is 0 Å². The molecule has 0 saturated carbocycles. The van der Waals surface area contributed by atoms with Crippen molar-refractivity contribution in [3.05, 3.63) is 11.6 Å². The van der Waals surface area contributed by atoms with Gasteiger partial charge >= 0.3 is 0 Å². The molecule has 0 aromatic heterocycles. The Hall–Kier alpha value is -0.830. The molecule has 0 N–H and O–H groups in total. The molecule has 80 valence electrons. The smallest absolute Gasteiger partial charge is 0.249 e. The van der Waals surface area contributed by atoms with Crippen LogP contribution >= 0.6 is 0 Å². The zero-order chi connectivity index (χ0) is 10.6. The number of rotatable bonds is 2. The number of nitrogens with zero attached hydrogens (tertiary/aromatic N) is 1. The lowest BCUT2D eigenvalue weighted by molar-refractivity contribution is -0.133. The third-order valence-electron chi connectivity index (χ3n) is 2.38. The van der Waals surface area contributed by atoms with Crippen LogP contribution in [0.5, 0.6) is 0 Å². The molecule has 1 saturated heterocycles. The minimum Gasteiger partial charge on any atom is -0.375 e. The minimum atomic E-state index is 0.155. The molecule has 0 bridgehead atoms. The molecule has 1 heterocycles. The monoisotopic (exact) mass is 197 g/mol. The Morgan fingerprint density at radius 3 is 2.93 bits per heavy atom. The van der Waals surface area contributed by atoms with Crippen molar-refractivity contribution in [3.63, 3.8) is 0 Å². The van der Waals surface area contributed by atoms with Gasteiger partial charge < -0.3 is 9.64 Å². The average molecular weight is 197 g/mol. The largest absolute Gasteiger partial charge is 0.375 e. The number of ether oxygens (including phenoxy) is 1. The molecule has 0 aromatic carbocycles. The van der Waals surface area contributed by atoms with E-state index in [1.54, 1.807) is 0 Å². The van der Waals surface area contributed by atoms with Gasteiger partial charge in [0, 0.05) is 18.7 Å². The second-order valence-electron chi connectivity index (χ2n) is 3.73. The fourth-order valence-corrected chi connectivity index (χ4v) is 1.65. The van der Waals surface area contributed by atoms with E-state index in [0.717, 1.165) is 18.5 Å². The zero-order valence-electron chi connectivity index (χ0n) is 9.25. The van der Waals surface area contributed by atoms with Crippen LogP contribution in [0.15, 0.2) is 11.6 Å². The van der Waals surface area contributed by atoms with E-state index in [2.05, 4.69) is 0 Å². The summed E-state index contributed by atoms with van der Waals surface area (Å²) in [6.45, 7) is 8.01. The SMILES string of the molecule is CC/C=C(/C)C(=O)N1CCOC(C)C1. The van der Waals surface area contributed by atoms with E-state index in [4.69, 9.17) is 4.74 Å². The lowest BCUT2D eigenvalue weighted by atomic mass is 10.2. The van der Waals surface area contributed by atoms with Crippen LogP contribution in [0.3, 0.4) is 0 Å². The second kappa shape index (κ2) is 5.15. The number of allylic oxidation sites excluding steroid dienone is 1. The van der Waals surface area contributed by atoms with Gasteiger partial charge in [0.1, 0.15) is 0 Å². The van der Waals surface area contributed by atoms with E-state index in [0.29, 0.717) is 13.2 Å². The molecule has 0 aliphatic carbocycles. The lowest BCUT2D eigenvalue weighted by Crippen LogP contribution is -2.44. The molecule has 1 aliphatic rings. The summed E-state index contributed by atoms with van der Waals surface area (Å²) >= 11 is 0. The third kappa shape index (κ3) is 2.84. The molecule has 3 heteroatoms. The van der Waals surface area contributed by atoms with Crippen LogP contribution in [0, 0.1) is 0 Å². The summed E-state index contributed by atoms with van der Waals surface area (Å²) < 4.78 is 5.38. The molecule has 1 aliphatic heterocycles. The molecule has 0 radical (unpaired) electrons. The summed E-state index contributed by atoms with van der Waals surface area (Å²) in [6.07, 6.45) is 3.06. The molecule has 0 aromatic rings. The lowest BCUT2D eigenvalue weighted by Gasteiger charge is -2.31. The molecule has 3 nitrogen and oxygen atoms in total. The molecular formula is C11H19NO2. The predicted octanol–water partition coefficient (Wildman–Crippen LogP) is 1.59. The number of carbonyl (C=O) groups excluding carboxylic acids is 1. The van der Waals surface area contributed by atoms with Crippen molar-refractivity contribution in [2.24, 2.45) is 0 Å². The highest BCUT2D eigenvalue weighted by Crippen LogP contribution is 2.09. The molecule has 1 amide bonds. The highest BCUT2D eigenvalue weighted by Gasteiger charge is 2.21. The van der Waals surface area contributed by atoms with E-state index in [-0.39, 0.29) is 12.0 Å². The van der Waals surface area contributed by atoms with Crippen molar-refractivity contribution < 1.29 is 9.53 Å². The van der Waals surface area contributed by atoms with E-state index in [1.165, 1.54) is 0 Å². The summed E-state index contributed by atoms with van der Waals surface area (Å²) in [5.41, 5.74) is 0.849. The zero-order valence-corrected chi connectivity index (χ0v) is 9.25. The van der Waals surface area contributed by atoms with E-state index in [1.807, 2.05) is 31.7 Å². The van der Waals surface area contributed by atoms with E-state index in [9.17, 15) is 4.79 Å². The highest BCUT2D eigenvalue weighted by atomic mass is 16.5. The van der Waals surface area contributed by atoms with Gasteiger partial charge in [-0.25, -0.2) is 0 Å². The van der Waals surface area contributed by atoms with E-state index < -0.39 is 0 Å². The standard InChI is InChI=1S/C11H19NO2/c1-4-5-9(2)11(13)12-6-7-14-10(3)8-12/h5,10H,4,6-8H2,1-3H3/b9-5-. The van der Waals surface area contributed by atoms with Crippen molar-refractivity contribution in [1.82, 2.24) is 4.90 Å². The van der Waals surface area contributed by atoms with Crippen LogP contribution in [-0.2, 0) is 9.53 Å². The number of amides is 1. The second-order valence-corrected chi connectivity index (χ2v) is 3.73. The van der Waals surface area contributed by atoms with Gasteiger partial charge in [-0.2, -0.15) is 0 Å². The first-order chi connectivity index (χ1) is 6.65. The number of carbonyl (C=O) groups is 1. The fraction of sp³-hybridized carbons (Fsp3) is 0.727. The number of morpholine rings is 1. The maximum absolute atomic E-state index is 11.8. The summed E-state index contributed by atoms with van der Waals surface area (Å²) in [6, 6.07) is 0. The molecule has 1 fully saturated rings. The first-order valence-corrected chi connectivity index (χ1v) is 5.22. The summed E-state index contributed by atoms with van der Waals surface area (Å²) in [5.74, 6) is 0.155. The molecule has 1 rings (SSSR count). The molecule has 1 atom stereocenters. The van der Waals surface area contributed by atoms with Crippen LogP contribution < -0.4 is 0 Å². The Bertz CT molecular complexity index is 235. The fourth-order valence-electron chi connectivity index (χ4n) is 1.65. The van der Waals surface area contributed by atoms with Crippen molar-refractivity contribution in [2.45, 2.75) is 33.3 Å². The summed E-state index contributed by atoms with van der Waals surface area (Å²) in [7, 11) is 0. The maximum Gasteiger partial charge on any atom is 0.249 e. The molecule has 1 unspecified atom stereocenters. The normalized spacial score (nSPS) is 23.8. The van der Waals surface area contributed by atoms with Crippen LogP contribution in [0.4, 0.5) is 0 Å². The van der Waals surface area contributed by atoms with Crippen LogP contribution in [0.25, 0.3) is 0 Å². The van der Waals surface area contributed by atoms with Crippen LogP contribution in [-0.4, -0.2) is 36.6 Å². The highest BCUT2D eigenvalue weighted by molar-refractivity contribution is 5.92. The maximum atomic E-state index is 11.8. The number of hydrogen-bond acceptors (Lipinski definition) is 2. The quantitative estimate of drug-likeness (QED) is 0.629. The molecule has 0 spiro atoms. The van der Waals surface area contributed by atoms with Crippen LogP contribution in [0.2, 0.25) is 0 Å². The Balaban J connectivity index is 2.55. The topological polar surface area (TPSA) is 29.5 Å². The minimum absolute atomic E-state index is 0.155. The third-order valence-corrected chi connectivity index (χ3v) is 2.38. The van der Waals surface area contributed by atoms with E-state index >= 15 is 0 Å². The predicted molar refractivity (Wildman–Crippen MR) is 56.0 cm³/mol. The van der Waals surface area contributed by atoms with Gasteiger partial charge in [-0.15, -0.1) is 0 Å². The summed E-state index contributed by atoms with van der Waals surface area (Å²) in [4.78, 5) is 13.7. The number of hydrogen-bond donors (Lipinski definition) is 0. The molecule has 14 heavy (non-hydrogen) atoms. The Kier molecular flexibility index (Phi) is 4.14. The van der Waals surface area contributed by atoms with Gasteiger partial charge in [0.25, 0.3) is 0 Å². The summed E-state index contributed by atoms with van der Waals surface area (Å²) in [5, 5.41) is 0. The van der Waals surface area contributed by atoms with Gasteiger partial charge in [-0.05, 0) is 20.3 Å². The Morgan fingerprint density at radius 2 is 2.36 bits per heavy atom. The molecular weight excluding hydrogens is 178 g/mol. The van der Waals surface area contributed by atoms with Crippen LogP contribution in [0.1, 0.15) is 27.2 Å². The first kappa shape index (κ1) is 11.2. The van der Waals surface area contributed by atoms with Crippen molar-refractivity contribution in [3.8, 4) is 0 Å². The van der Waals surface area contributed by atoms with Gasteiger partial charge in [0.05, 0.1) is 12.7 Å². The first-order valence-electron chi connectivity index (χ1n) is 5.22. The average Bonchev–Trinajstić information content (AvgIpc) is 2.17.